The first-order valence-corrected chi connectivity index (χ1v) is 35.1. The fourth-order valence-corrected chi connectivity index (χ4v) is 42.4. The van der Waals surface area contributed by atoms with Crippen molar-refractivity contribution in [1.82, 2.24) is 0 Å². The molecule has 6 rings (SSSR count). The van der Waals surface area contributed by atoms with Crippen LogP contribution in [0.4, 0.5) is 0 Å². The summed E-state index contributed by atoms with van der Waals surface area (Å²) >= 11 is -4.87. The van der Waals surface area contributed by atoms with Gasteiger partial charge in [0.1, 0.15) is 0 Å². The summed E-state index contributed by atoms with van der Waals surface area (Å²) in [6.45, 7) is 28.2. The molecule has 0 aromatic heterocycles. The molecule has 2 unspecified atom stereocenters. The fraction of sp³-hybridized carbons (Fsp3) is 0.391. The van der Waals surface area contributed by atoms with Gasteiger partial charge in [0.25, 0.3) is 0 Å². The van der Waals surface area contributed by atoms with E-state index >= 15 is 0 Å². The van der Waals surface area contributed by atoms with Crippen molar-refractivity contribution in [3.63, 3.8) is 0 Å². The summed E-state index contributed by atoms with van der Waals surface area (Å²) < 4.78 is 0.131. The van der Waals surface area contributed by atoms with Crippen molar-refractivity contribution in [1.29, 1.82) is 0 Å². The second-order valence-corrected chi connectivity index (χ2v) is 60.0. The Morgan fingerprint density at radius 3 is 1.26 bits per heavy atom. The Bertz CT molecular complexity index is 1910. The topological polar surface area (TPSA) is 0 Å². The van der Waals surface area contributed by atoms with E-state index in [4.69, 9.17) is 17.0 Å². The molecule has 0 saturated heterocycles. The van der Waals surface area contributed by atoms with Gasteiger partial charge in [-0.25, -0.2) is 0 Å². The van der Waals surface area contributed by atoms with Crippen LogP contribution in [0.2, 0.25) is 13.1 Å². The number of benzene rings is 4. The van der Waals surface area contributed by atoms with Crippen LogP contribution in [0.25, 0.3) is 34.4 Å². The molecular weight excluding hydrogens is 743 g/mol. The normalized spacial score (nSPS) is 18.4. The van der Waals surface area contributed by atoms with E-state index in [-0.39, 0.29) is 18.1 Å². The number of hydrogen-bond donors (Lipinski definition) is 0. The van der Waals surface area contributed by atoms with Crippen molar-refractivity contribution in [2.45, 2.75) is 113 Å². The van der Waals surface area contributed by atoms with Gasteiger partial charge in [-0.1, -0.05) is 0 Å². The number of hydrogen-bond acceptors (Lipinski definition) is 0. The minimum absolute atomic E-state index is 0.0164. The van der Waals surface area contributed by atoms with Gasteiger partial charge >= 0.3 is 315 Å². The first-order valence-electron chi connectivity index (χ1n) is 18.8. The average molecular weight is 800 g/mol. The SMILES string of the molecule is CCc1ccccc1-c1c(C(C)(C)C)ccc2c1C=C(C)[CH]2[Zr]([Cl])([Cl])([CH]1C(C)=Cc2c1ccc(C(C)(C)C)c2-c1ccccc1CC)[SiH](C)C. The number of rotatable bonds is 7. The molecule has 0 spiro atoms. The third-order valence-electron chi connectivity index (χ3n) is 12.0. The van der Waals surface area contributed by atoms with Gasteiger partial charge in [-0.2, -0.15) is 0 Å². The molecule has 4 aromatic rings. The summed E-state index contributed by atoms with van der Waals surface area (Å²) in [6, 6.07) is 27.6. The van der Waals surface area contributed by atoms with Crippen LogP contribution in [0.1, 0.15) is 121 Å². The zero-order valence-corrected chi connectivity index (χ0v) is 37.6. The third kappa shape index (κ3) is 5.88. The second kappa shape index (κ2) is 13.2. The number of aryl methyl sites for hydroxylation is 2. The molecule has 2 aliphatic carbocycles. The van der Waals surface area contributed by atoms with Crippen LogP contribution in [0.5, 0.6) is 0 Å². The number of allylic oxidation sites excluding steroid dienone is 2. The molecule has 0 fully saturated rings. The summed E-state index contributed by atoms with van der Waals surface area (Å²) in [6.07, 6.45) is 6.94. The molecule has 0 saturated carbocycles. The molecule has 263 valence electrons. The molecule has 50 heavy (non-hydrogen) atoms. The predicted molar refractivity (Wildman–Crippen MR) is 223 cm³/mol. The van der Waals surface area contributed by atoms with E-state index in [0.29, 0.717) is 0 Å². The maximum absolute atomic E-state index is 8.72. The van der Waals surface area contributed by atoms with Crippen molar-refractivity contribution in [2.24, 2.45) is 0 Å². The summed E-state index contributed by atoms with van der Waals surface area (Å²) in [5.74, 6) is -1.66. The van der Waals surface area contributed by atoms with Crippen LogP contribution in [0, 0.1) is 0 Å². The van der Waals surface area contributed by atoms with E-state index in [1.807, 2.05) is 0 Å². The second-order valence-electron chi connectivity index (χ2n) is 17.5. The van der Waals surface area contributed by atoms with Crippen molar-refractivity contribution in [3.05, 3.63) is 128 Å². The average Bonchev–Trinajstić information content (AvgIpc) is 3.59. The van der Waals surface area contributed by atoms with Crippen molar-refractivity contribution in [2.75, 3.05) is 0 Å². The molecule has 0 aliphatic heterocycles. The molecule has 2 atom stereocenters. The van der Waals surface area contributed by atoms with E-state index in [0.717, 1.165) is 12.8 Å². The quantitative estimate of drug-likeness (QED) is 0.163. The molecule has 0 N–H and O–H groups in total. The van der Waals surface area contributed by atoms with Crippen LogP contribution < -0.4 is 0 Å². The van der Waals surface area contributed by atoms with E-state index in [9.17, 15) is 0 Å². The Balaban J connectivity index is 1.65. The Hall–Kier alpha value is -1.96. The molecule has 0 nitrogen and oxygen atoms in total. The molecule has 0 amide bonds. The van der Waals surface area contributed by atoms with Crippen LogP contribution in [0.3, 0.4) is 0 Å². The minimum atomic E-state index is -4.87. The summed E-state index contributed by atoms with van der Waals surface area (Å²) in [4.78, 5) is 0. The van der Waals surface area contributed by atoms with Crippen LogP contribution in [0.15, 0.2) is 83.9 Å². The van der Waals surface area contributed by atoms with Gasteiger partial charge in [-0.05, 0) is 0 Å². The van der Waals surface area contributed by atoms with Gasteiger partial charge in [0.05, 0.1) is 0 Å². The van der Waals surface area contributed by atoms with Crippen molar-refractivity contribution in [3.8, 4) is 22.3 Å². The van der Waals surface area contributed by atoms with Crippen LogP contribution in [-0.2, 0) is 39.2 Å². The first-order chi connectivity index (χ1) is 23.4. The van der Waals surface area contributed by atoms with E-state index in [1.165, 1.54) is 77.9 Å². The Kier molecular flexibility index (Phi) is 9.95. The third-order valence-corrected chi connectivity index (χ3v) is 64.3. The molecular formula is C46H57Cl2SiZr. The summed E-state index contributed by atoms with van der Waals surface area (Å²) in [7, 11) is 17.4. The summed E-state index contributed by atoms with van der Waals surface area (Å²) in [5, 5.41) is 0. The van der Waals surface area contributed by atoms with Crippen molar-refractivity contribution < 1.29 is 15.6 Å². The molecule has 2 aliphatic rings. The Labute approximate surface area is 312 Å². The zero-order chi connectivity index (χ0) is 36.6. The molecule has 0 heterocycles. The number of fused-ring (bicyclic) bond motifs is 2. The predicted octanol–water partition coefficient (Wildman–Crippen LogP) is 14.3. The molecule has 0 bridgehead atoms. The monoisotopic (exact) mass is 797 g/mol. The Morgan fingerprint density at radius 1 is 0.580 bits per heavy atom. The van der Waals surface area contributed by atoms with Gasteiger partial charge in [0, 0.05) is 0 Å². The standard InChI is InChI=1S/2C22H25.C2H7Si.2ClH.Zr/c2*1-6-16-9-7-8-10-18(16)21-19-14-15(2)13-17(19)11-12-20(21)22(3,4)5;1-3-2;;;/h2*7-14H,6H2,1-5H3;3H,1-2H3;2*1H;/q;;;;;+2/p-2. The van der Waals surface area contributed by atoms with Gasteiger partial charge in [-0.3, -0.25) is 0 Å². The molecule has 4 aromatic carbocycles. The van der Waals surface area contributed by atoms with Crippen molar-refractivity contribution >= 4 is 35.1 Å². The van der Waals surface area contributed by atoms with Gasteiger partial charge < -0.3 is 0 Å². The van der Waals surface area contributed by atoms with Crippen LogP contribution in [-0.4, -0.2) is 5.92 Å². The molecule has 4 heteroatoms. The number of halogens is 2. The Morgan fingerprint density at radius 2 is 0.940 bits per heavy atom. The van der Waals surface area contributed by atoms with Gasteiger partial charge in [0.2, 0.25) is 0 Å². The summed E-state index contributed by atoms with van der Waals surface area (Å²) in [5.41, 5.74) is 19.1. The maximum atomic E-state index is 8.72. The zero-order valence-electron chi connectivity index (χ0n) is 32.5. The van der Waals surface area contributed by atoms with E-state index in [1.54, 1.807) is 0 Å². The van der Waals surface area contributed by atoms with E-state index < -0.39 is 21.5 Å². The fourth-order valence-electron chi connectivity index (χ4n) is 9.47. The molecule has 0 radical (unpaired) electrons. The van der Waals surface area contributed by atoms with Gasteiger partial charge in [0.15, 0.2) is 0 Å². The van der Waals surface area contributed by atoms with E-state index in [2.05, 4.69) is 167 Å². The van der Waals surface area contributed by atoms with Gasteiger partial charge in [-0.15, -0.1) is 0 Å². The van der Waals surface area contributed by atoms with Crippen LogP contribution >= 0.6 is 17.0 Å². The first kappa shape index (κ1) is 37.8.